The first-order valence-corrected chi connectivity index (χ1v) is 22.6. The molecule has 0 aliphatic carbocycles. The Morgan fingerprint density at radius 2 is 1.33 bits per heavy atom. The molecule has 4 heterocycles. The highest BCUT2D eigenvalue weighted by molar-refractivity contribution is 7.86. The number of fused-ring (bicyclic) bond motifs is 4. The zero-order chi connectivity index (χ0) is 38.8. The average Bonchev–Trinajstić information content (AvgIpc) is 3.66. The van der Waals surface area contributed by atoms with Crippen LogP contribution in [-0.4, -0.2) is 123 Å². The van der Waals surface area contributed by atoms with E-state index in [9.17, 15) is 35.9 Å². The summed E-state index contributed by atoms with van der Waals surface area (Å²) in [6.45, 7) is 2.39. The van der Waals surface area contributed by atoms with Crippen LogP contribution >= 0.6 is 7.14 Å². The minimum absolute atomic E-state index is 0.111. The molecule has 0 aromatic heterocycles. The van der Waals surface area contributed by atoms with Gasteiger partial charge in [-0.1, -0.05) is 13.3 Å². The summed E-state index contributed by atoms with van der Waals surface area (Å²) in [5.74, 6) is 0.750. The van der Waals surface area contributed by atoms with Crippen molar-refractivity contribution in [1.29, 1.82) is 0 Å². The molecule has 4 aliphatic heterocycles. The van der Waals surface area contributed by atoms with Gasteiger partial charge in [0.15, 0.2) is 23.0 Å². The van der Waals surface area contributed by atoms with Crippen molar-refractivity contribution in [2.24, 2.45) is 0 Å². The molecule has 2 amide bonds. The number of amides is 2. The van der Waals surface area contributed by atoms with Gasteiger partial charge in [-0.25, -0.2) is 8.78 Å². The molecule has 4 aliphatic rings. The van der Waals surface area contributed by atoms with Crippen molar-refractivity contribution >= 4 is 29.1 Å². The lowest BCUT2D eigenvalue weighted by molar-refractivity contribution is 0.0725. The van der Waals surface area contributed by atoms with Gasteiger partial charge in [-0.2, -0.15) is 8.42 Å². The van der Waals surface area contributed by atoms with Crippen LogP contribution in [0.25, 0.3) is 0 Å². The molecule has 0 radical (unpaired) electrons. The van der Waals surface area contributed by atoms with Gasteiger partial charge in [-0.05, 0) is 73.9 Å². The Bertz CT molecular complexity index is 1880. The molecule has 2 saturated heterocycles. The van der Waals surface area contributed by atoms with Gasteiger partial charge in [-0.3, -0.25) is 14.1 Å². The van der Waals surface area contributed by atoms with Crippen LogP contribution in [-0.2, 0) is 27.5 Å². The maximum Gasteiger partial charge on any atom is 0.270 e. The number of methoxy groups -OCH3 is 2. The van der Waals surface area contributed by atoms with Crippen LogP contribution in [0, 0.1) is 0 Å². The average molecular weight is 797 g/mol. The standard InChI is InChI=1S/C38H51F2N2O10PS/c1-4-5-12-53(45,13-6-10-51-34-15-24-8-9-28-18-26(39)22-41(28)37(43)29(24)20-32(34)49-2)14-7-11-52-35-16-25-17-36(54(46,47)48)31-19-27(40)23-42(31)38(44)30(25)21-33(35)50-3/h15-16,20-21,26-28,31,36H,4-14,17-19,22-23H2,1-3H3,(H,46,47,48)/t26?,27?,28-,31+,36?,53?/m1/s1. The number of alkyl halides is 2. The molecule has 298 valence electrons. The van der Waals surface area contributed by atoms with Crippen LogP contribution < -0.4 is 18.9 Å². The molecule has 16 heteroatoms. The zero-order valence-corrected chi connectivity index (χ0v) is 32.8. The second-order valence-corrected chi connectivity index (χ2v) is 20.0. The van der Waals surface area contributed by atoms with Crippen LogP contribution in [0.4, 0.5) is 8.78 Å². The summed E-state index contributed by atoms with van der Waals surface area (Å²) in [7, 11) is -4.31. The number of benzene rings is 2. The number of carbonyl (C=O) groups excluding carboxylic acids is 2. The third-order valence-corrected chi connectivity index (χ3v) is 15.9. The van der Waals surface area contributed by atoms with Crippen LogP contribution in [0.5, 0.6) is 23.0 Å². The highest BCUT2D eigenvalue weighted by Crippen LogP contribution is 2.48. The Kier molecular flexibility index (Phi) is 12.5. The van der Waals surface area contributed by atoms with Crippen molar-refractivity contribution in [1.82, 2.24) is 9.80 Å². The molecule has 4 unspecified atom stereocenters. The maximum atomic E-state index is 14.3. The van der Waals surface area contributed by atoms with E-state index in [4.69, 9.17) is 18.9 Å². The molecular weight excluding hydrogens is 745 g/mol. The number of aryl methyl sites for hydroxylation is 1. The number of rotatable bonds is 16. The SMILES string of the molecule is CCCCP(=O)(CCCOc1cc2c(cc1OC)C(=O)N1CC(F)C[C@H]1CC2)CCCOc1cc2c(cc1OC)C(=O)N1CC(F)C[C@H]1C(S(=O)(=O)O)C2. The highest BCUT2D eigenvalue weighted by Gasteiger charge is 2.48. The lowest BCUT2D eigenvalue weighted by Gasteiger charge is -2.26. The van der Waals surface area contributed by atoms with Crippen LogP contribution in [0.2, 0.25) is 0 Å². The summed E-state index contributed by atoms with van der Waals surface area (Å²) in [6, 6.07) is 5.43. The van der Waals surface area contributed by atoms with Crippen LogP contribution in [0.3, 0.4) is 0 Å². The van der Waals surface area contributed by atoms with Gasteiger partial charge in [0.1, 0.15) is 17.6 Å². The van der Waals surface area contributed by atoms with Crippen molar-refractivity contribution in [2.75, 3.05) is 59.0 Å². The fraction of sp³-hybridized carbons (Fsp3) is 0.632. The smallest absolute Gasteiger partial charge is 0.270 e. The van der Waals surface area contributed by atoms with Crippen molar-refractivity contribution in [3.05, 3.63) is 46.5 Å². The molecule has 2 fully saturated rings. The minimum Gasteiger partial charge on any atom is -0.493 e. The van der Waals surface area contributed by atoms with E-state index < -0.39 is 46.8 Å². The molecular formula is C38H51F2N2O10PS. The molecule has 12 nitrogen and oxygen atoms in total. The highest BCUT2D eigenvalue weighted by atomic mass is 32.2. The summed E-state index contributed by atoms with van der Waals surface area (Å²) in [5, 5.41) is -1.38. The fourth-order valence-electron chi connectivity index (χ4n) is 8.44. The van der Waals surface area contributed by atoms with E-state index in [1.165, 1.54) is 25.2 Å². The van der Waals surface area contributed by atoms with Gasteiger partial charge >= 0.3 is 0 Å². The first-order valence-electron chi connectivity index (χ1n) is 18.9. The number of hydrogen-bond donors (Lipinski definition) is 1. The predicted octanol–water partition coefficient (Wildman–Crippen LogP) is 5.97. The van der Waals surface area contributed by atoms with Crippen LogP contribution in [0.1, 0.15) is 83.7 Å². The number of hydrogen-bond acceptors (Lipinski definition) is 9. The minimum atomic E-state index is -4.61. The molecule has 54 heavy (non-hydrogen) atoms. The van der Waals surface area contributed by atoms with E-state index in [1.54, 1.807) is 17.0 Å². The lowest BCUT2D eigenvalue weighted by atomic mass is 10.00. The monoisotopic (exact) mass is 796 g/mol. The van der Waals surface area contributed by atoms with Gasteiger partial charge in [0.25, 0.3) is 21.9 Å². The van der Waals surface area contributed by atoms with Gasteiger partial charge in [-0.15, -0.1) is 0 Å². The maximum absolute atomic E-state index is 14.3. The molecule has 0 saturated carbocycles. The molecule has 1 N–H and O–H groups in total. The predicted molar refractivity (Wildman–Crippen MR) is 199 cm³/mol. The Balaban J connectivity index is 1.07. The van der Waals surface area contributed by atoms with E-state index in [-0.39, 0.29) is 61.5 Å². The first-order chi connectivity index (χ1) is 25.7. The quantitative estimate of drug-likeness (QED) is 0.122. The van der Waals surface area contributed by atoms with E-state index in [0.717, 1.165) is 18.4 Å². The third-order valence-electron chi connectivity index (χ3n) is 11.3. The second kappa shape index (κ2) is 16.8. The van der Waals surface area contributed by atoms with Crippen molar-refractivity contribution in [3.8, 4) is 23.0 Å². The molecule has 0 bridgehead atoms. The fourth-order valence-corrected chi connectivity index (χ4v) is 12.5. The summed E-state index contributed by atoms with van der Waals surface area (Å²) >= 11 is 0. The molecule has 0 spiro atoms. The first kappa shape index (κ1) is 40.2. The zero-order valence-electron chi connectivity index (χ0n) is 31.1. The molecule has 6 atom stereocenters. The largest absolute Gasteiger partial charge is 0.493 e. The third kappa shape index (κ3) is 8.68. The number of halogens is 2. The van der Waals surface area contributed by atoms with E-state index >= 15 is 0 Å². The van der Waals surface area contributed by atoms with E-state index in [0.29, 0.717) is 79.8 Å². The normalized spacial score (nSPS) is 24.8. The number of unbranched alkanes of at least 4 members (excludes halogenated alkanes) is 1. The summed E-state index contributed by atoms with van der Waals surface area (Å²) < 4.78 is 101. The van der Waals surface area contributed by atoms with Gasteiger partial charge in [0.2, 0.25) is 0 Å². The van der Waals surface area contributed by atoms with Crippen molar-refractivity contribution in [2.45, 2.75) is 94.4 Å². The van der Waals surface area contributed by atoms with Gasteiger partial charge < -0.3 is 33.3 Å². The number of carbonyl (C=O) groups is 2. The lowest BCUT2D eigenvalue weighted by Crippen LogP contribution is -2.44. The van der Waals surface area contributed by atoms with Crippen molar-refractivity contribution in [3.63, 3.8) is 0 Å². The van der Waals surface area contributed by atoms with E-state index in [1.807, 2.05) is 13.0 Å². The Labute approximate surface area is 315 Å². The topological polar surface area (TPSA) is 149 Å². The number of ether oxygens (including phenoxy) is 4. The molecule has 2 aromatic rings. The Morgan fingerprint density at radius 3 is 1.93 bits per heavy atom. The molecule has 6 rings (SSSR count). The number of nitrogens with zero attached hydrogens (tertiary/aromatic N) is 2. The summed E-state index contributed by atoms with van der Waals surface area (Å²) in [4.78, 5) is 29.5. The van der Waals surface area contributed by atoms with E-state index in [2.05, 4.69) is 0 Å². The van der Waals surface area contributed by atoms with Gasteiger partial charge in [0, 0.05) is 48.5 Å². The Hall–Kier alpha value is -3.42. The van der Waals surface area contributed by atoms with Crippen LogP contribution in [0.15, 0.2) is 24.3 Å². The molecule has 2 aromatic carbocycles. The second-order valence-electron chi connectivity index (χ2n) is 14.9. The summed E-state index contributed by atoms with van der Waals surface area (Å²) in [6.07, 6.45) is 3.12. The summed E-state index contributed by atoms with van der Waals surface area (Å²) in [5.41, 5.74) is 1.88. The Morgan fingerprint density at radius 1 is 0.796 bits per heavy atom. The van der Waals surface area contributed by atoms with Gasteiger partial charge in [0.05, 0.1) is 53.7 Å². The van der Waals surface area contributed by atoms with Crippen molar-refractivity contribution < 1.29 is 54.9 Å².